The number of aromatic nitrogens is 1. The fourth-order valence-corrected chi connectivity index (χ4v) is 3.41. The van der Waals surface area contributed by atoms with E-state index in [2.05, 4.69) is 10.4 Å². The molecule has 18 heavy (non-hydrogen) atoms. The summed E-state index contributed by atoms with van der Waals surface area (Å²) in [6, 6.07) is 5.47. The van der Waals surface area contributed by atoms with E-state index in [1.54, 1.807) is 18.3 Å². The van der Waals surface area contributed by atoms with Crippen molar-refractivity contribution in [3.63, 3.8) is 0 Å². The fourth-order valence-electron chi connectivity index (χ4n) is 1.34. The van der Waals surface area contributed by atoms with Crippen molar-refractivity contribution in [1.82, 2.24) is 10.4 Å². The number of carbonyl (C=O) groups excluding carboxylic acids is 1. The first kappa shape index (κ1) is 13.4. The van der Waals surface area contributed by atoms with Gasteiger partial charge >= 0.3 is 0 Å². The SMILES string of the molecule is NNC(=O)c1sccc1CSc1ncccc1Cl. The molecule has 0 aromatic carbocycles. The minimum Gasteiger partial charge on any atom is -0.289 e. The first-order valence-electron chi connectivity index (χ1n) is 5.03. The van der Waals surface area contributed by atoms with Crippen molar-refractivity contribution in [3.05, 3.63) is 45.2 Å². The van der Waals surface area contributed by atoms with Gasteiger partial charge in [0.25, 0.3) is 5.91 Å². The van der Waals surface area contributed by atoms with Gasteiger partial charge in [0.15, 0.2) is 0 Å². The maximum atomic E-state index is 11.5. The van der Waals surface area contributed by atoms with Gasteiger partial charge < -0.3 is 0 Å². The van der Waals surface area contributed by atoms with Gasteiger partial charge in [-0.1, -0.05) is 11.6 Å². The van der Waals surface area contributed by atoms with E-state index in [1.165, 1.54) is 23.1 Å². The van der Waals surface area contributed by atoms with Crippen molar-refractivity contribution in [2.75, 3.05) is 0 Å². The Balaban J connectivity index is 2.09. The van der Waals surface area contributed by atoms with Gasteiger partial charge in [-0.15, -0.1) is 23.1 Å². The summed E-state index contributed by atoms with van der Waals surface area (Å²) in [5, 5.41) is 3.23. The normalized spacial score (nSPS) is 10.3. The van der Waals surface area contributed by atoms with Crippen LogP contribution >= 0.6 is 34.7 Å². The quantitative estimate of drug-likeness (QED) is 0.394. The molecule has 0 saturated heterocycles. The van der Waals surface area contributed by atoms with E-state index in [4.69, 9.17) is 17.4 Å². The van der Waals surface area contributed by atoms with Crippen molar-refractivity contribution in [2.24, 2.45) is 5.84 Å². The van der Waals surface area contributed by atoms with Gasteiger partial charge in [0.05, 0.1) is 9.90 Å². The Kier molecular flexibility index (Phi) is 4.60. The second-order valence-corrected chi connectivity index (χ2v) is 5.61. The molecule has 0 radical (unpaired) electrons. The second kappa shape index (κ2) is 6.19. The van der Waals surface area contributed by atoms with E-state index in [0.717, 1.165) is 10.6 Å². The first-order valence-corrected chi connectivity index (χ1v) is 7.27. The van der Waals surface area contributed by atoms with Crippen LogP contribution in [0.4, 0.5) is 0 Å². The van der Waals surface area contributed by atoms with Gasteiger partial charge in [-0.05, 0) is 29.1 Å². The van der Waals surface area contributed by atoms with Crippen LogP contribution in [0.15, 0.2) is 34.8 Å². The number of amides is 1. The van der Waals surface area contributed by atoms with Gasteiger partial charge in [0.2, 0.25) is 0 Å². The van der Waals surface area contributed by atoms with Crippen LogP contribution in [0, 0.1) is 0 Å². The van der Waals surface area contributed by atoms with Crippen LogP contribution in [0.5, 0.6) is 0 Å². The molecule has 4 nitrogen and oxygen atoms in total. The summed E-state index contributed by atoms with van der Waals surface area (Å²) >= 11 is 8.87. The van der Waals surface area contributed by atoms with Gasteiger partial charge in [-0.3, -0.25) is 10.2 Å². The summed E-state index contributed by atoms with van der Waals surface area (Å²) in [4.78, 5) is 16.3. The number of hydrogen-bond donors (Lipinski definition) is 2. The number of pyridine rings is 1. The molecule has 7 heteroatoms. The molecule has 0 aliphatic rings. The number of hydrogen-bond acceptors (Lipinski definition) is 5. The Labute approximate surface area is 118 Å². The fraction of sp³-hybridized carbons (Fsp3) is 0.0909. The molecule has 0 saturated carbocycles. The molecule has 2 aromatic rings. The van der Waals surface area contributed by atoms with E-state index in [9.17, 15) is 4.79 Å². The van der Waals surface area contributed by atoms with Crippen LogP contribution in [-0.4, -0.2) is 10.9 Å². The average molecular weight is 300 g/mol. The third-order valence-corrected chi connectivity index (χ3v) is 4.60. The van der Waals surface area contributed by atoms with E-state index in [-0.39, 0.29) is 5.91 Å². The molecule has 0 aliphatic heterocycles. The third kappa shape index (κ3) is 3.02. The van der Waals surface area contributed by atoms with Crippen molar-refractivity contribution < 1.29 is 4.79 Å². The molecule has 94 valence electrons. The Hall–Kier alpha value is -1.08. The van der Waals surface area contributed by atoms with E-state index in [0.29, 0.717) is 15.7 Å². The highest BCUT2D eigenvalue weighted by Crippen LogP contribution is 2.29. The average Bonchev–Trinajstić information content (AvgIpc) is 2.85. The molecule has 2 aromatic heterocycles. The predicted octanol–water partition coefficient (Wildman–Crippen LogP) is 2.69. The second-order valence-electron chi connectivity index (χ2n) is 3.33. The van der Waals surface area contributed by atoms with Crippen molar-refractivity contribution >= 4 is 40.6 Å². The number of carbonyl (C=O) groups is 1. The molecule has 1 amide bonds. The zero-order valence-corrected chi connectivity index (χ0v) is 11.6. The Bertz CT molecular complexity index is 559. The summed E-state index contributed by atoms with van der Waals surface area (Å²) in [7, 11) is 0. The molecule has 0 bridgehead atoms. The Morgan fingerprint density at radius 2 is 2.39 bits per heavy atom. The van der Waals surface area contributed by atoms with Gasteiger partial charge in [0.1, 0.15) is 5.03 Å². The Morgan fingerprint density at radius 1 is 1.56 bits per heavy atom. The summed E-state index contributed by atoms with van der Waals surface area (Å²) in [6.07, 6.45) is 1.69. The summed E-state index contributed by atoms with van der Waals surface area (Å²) in [5.41, 5.74) is 3.06. The largest absolute Gasteiger partial charge is 0.289 e. The van der Waals surface area contributed by atoms with E-state index < -0.39 is 0 Å². The van der Waals surface area contributed by atoms with Crippen LogP contribution in [0.3, 0.4) is 0 Å². The lowest BCUT2D eigenvalue weighted by molar-refractivity contribution is 0.0957. The number of nitrogen functional groups attached to an aromatic ring is 1. The van der Waals surface area contributed by atoms with Crippen LogP contribution in [-0.2, 0) is 5.75 Å². The van der Waals surface area contributed by atoms with Crippen molar-refractivity contribution in [1.29, 1.82) is 0 Å². The smallest absolute Gasteiger partial charge is 0.275 e. The maximum Gasteiger partial charge on any atom is 0.275 e. The number of nitrogens with two attached hydrogens (primary N) is 1. The minimum atomic E-state index is -0.271. The highest BCUT2D eigenvalue weighted by atomic mass is 35.5. The molecule has 2 heterocycles. The van der Waals surface area contributed by atoms with Crippen LogP contribution in [0.2, 0.25) is 5.02 Å². The number of hydrazine groups is 1. The zero-order valence-electron chi connectivity index (χ0n) is 9.22. The molecular weight excluding hydrogens is 290 g/mol. The molecule has 0 spiro atoms. The van der Waals surface area contributed by atoms with Crippen molar-refractivity contribution in [3.8, 4) is 0 Å². The first-order chi connectivity index (χ1) is 8.72. The lowest BCUT2D eigenvalue weighted by atomic mass is 10.3. The summed E-state index contributed by atoms with van der Waals surface area (Å²) in [6.45, 7) is 0. The third-order valence-electron chi connectivity index (χ3n) is 2.17. The number of nitrogens with zero attached hydrogens (tertiary/aromatic N) is 1. The topological polar surface area (TPSA) is 68.0 Å². The molecule has 0 atom stereocenters. The molecule has 2 rings (SSSR count). The van der Waals surface area contributed by atoms with Gasteiger partial charge in [-0.2, -0.15) is 0 Å². The van der Waals surface area contributed by atoms with Gasteiger partial charge in [0, 0.05) is 11.9 Å². The molecular formula is C11H10ClN3OS2. The Morgan fingerprint density at radius 3 is 3.11 bits per heavy atom. The van der Waals surface area contributed by atoms with Crippen LogP contribution in [0.1, 0.15) is 15.2 Å². The highest BCUT2D eigenvalue weighted by molar-refractivity contribution is 7.98. The number of rotatable bonds is 4. The van der Waals surface area contributed by atoms with Crippen molar-refractivity contribution in [2.45, 2.75) is 10.8 Å². The highest BCUT2D eigenvalue weighted by Gasteiger charge is 2.12. The number of thiophene rings is 1. The summed E-state index contributed by atoms with van der Waals surface area (Å²) in [5.74, 6) is 5.49. The zero-order chi connectivity index (χ0) is 13.0. The van der Waals surface area contributed by atoms with E-state index >= 15 is 0 Å². The molecule has 0 fully saturated rings. The monoisotopic (exact) mass is 299 g/mol. The van der Waals surface area contributed by atoms with Crippen LogP contribution < -0.4 is 11.3 Å². The predicted molar refractivity (Wildman–Crippen MR) is 74.8 cm³/mol. The lowest BCUT2D eigenvalue weighted by Crippen LogP contribution is -2.29. The number of thioether (sulfide) groups is 1. The number of nitrogens with one attached hydrogen (secondary N) is 1. The minimum absolute atomic E-state index is 0.271. The maximum absolute atomic E-state index is 11.5. The molecule has 3 N–H and O–H groups in total. The van der Waals surface area contributed by atoms with Gasteiger partial charge in [-0.25, -0.2) is 10.8 Å². The number of halogens is 1. The molecule has 0 aliphatic carbocycles. The molecule has 0 unspecified atom stereocenters. The summed E-state index contributed by atoms with van der Waals surface area (Å²) < 4.78 is 0. The van der Waals surface area contributed by atoms with Crippen LogP contribution in [0.25, 0.3) is 0 Å². The standard InChI is InChI=1S/C11H10ClN3OS2/c12-8-2-1-4-14-11(8)18-6-7-3-5-17-9(7)10(16)15-13/h1-5H,6,13H2,(H,15,16). The lowest BCUT2D eigenvalue weighted by Gasteiger charge is -2.03. The van der Waals surface area contributed by atoms with E-state index in [1.807, 2.05) is 11.4 Å².